The summed E-state index contributed by atoms with van der Waals surface area (Å²) in [6, 6.07) is 15.1. The molecular weight excluding hydrogens is 366 g/mol. The van der Waals surface area contributed by atoms with Crippen molar-refractivity contribution in [2.45, 2.75) is 25.8 Å². The van der Waals surface area contributed by atoms with E-state index < -0.39 is 0 Å². The largest absolute Gasteiger partial charge is 0.342 e. The lowest BCUT2D eigenvalue weighted by Crippen LogP contribution is -2.44. The maximum Gasteiger partial charge on any atom is 0.254 e. The number of fused-ring (bicyclic) bond motifs is 1. The number of likely N-dealkylation sites (tertiary alicyclic amines) is 1. The van der Waals surface area contributed by atoms with Crippen molar-refractivity contribution >= 4 is 23.4 Å². The number of hydrogen-bond donors (Lipinski definition) is 1. The Labute approximate surface area is 170 Å². The van der Waals surface area contributed by atoms with E-state index in [1.54, 1.807) is 29.0 Å². The highest BCUT2D eigenvalue weighted by atomic mass is 16.2. The van der Waals surface area contributed by atoms with Crippen LogP contribution in [-0.4, -0.2) is 47.7 Å². The summed E-state index contributed by atoms with van der Waals surface area (Å²) in [6.45, 7) is 1.62. The minimum Gasteiger partial charge on any atom is -0.342 e. The van der Waals surface area contributed by atoms with Gasteiger partial charge in [0.05, 0.1) is 12.3 Å². The zero-order valence-corrected chi connectivity index (χ0v) is 16.6. The molecule has 6 nitrogen and oxygen atoms in total. The van der Waals surface area contributed by atoms with Crippen molar-refractivity contribution in [1.82, 2.24) is 9.80 Å². The molecule has 1 atom stereocenters. The summed E-state index contributed by atoms with van der Waals surface area (Å²) in [5.41, 5.74) is 3.19. The molecule has 0 saturated carbocycles. The predicted octanol–water partition coefficient (Wildman–Crippen LogP) is 2.69. The van der Waals surface area contributed by atoms with Crippen LogP contribution < -0.4 is 5.32 Å². The molecule has 0 aromatic heterocycles. The first-order valence-electron chi connectivity index (χ1n) is 10.0. The smallest absolute Gasteiger partial charge is 0.254 e. The van der Waals surface area contributed by atoms with Gasteiger partial charge in [-0.2, -0.15) is 0 Å². The lowest BCUT2D eigenvalue weighted by atomic mass is 9.96. The number of nitrogens with one attached hydrogen (secondary N) is 1. The highest BCUT2D eigenvalue weighted by Gasteiger charge is 2.31. The summed E-state index contributed by atoms with van der Waals surface area (Å²) in [5.74, 6) is -0.292. The van der Waals surface area contributed by atoms with Crippen LogP contribution in [0.5, 0.6) is 0 Å². The van der Waals surface area contributed by atoms with Gasteiger partial charge in [0.1, 0.15) is 0 Å². The van der Waals surface area contributed by atoms with E-state index in [4.69, 9.17) is 0 Å². The van der Waals surface area contributed by atoms with Gasteiger partial charge in [-0.15, -0.1) is 0 Å². The molecule has 2 aromatic carbocycles. The average Bonchev–Trinajstić information content (AvgIpc) is 3.04. The van der Waals surface area contributed by atoms with Gasteiger partial charge in [-0.1, -0.05) is 36.4 Å². The van der Waals surface area contributed by atoms with E-state index in [2.05, 4.69) is 5.32 Å². The van der Waals surface area contributed by atoms with Crippen LogP contribution in [0.3, 0.4) is 0 Å². The Morgan fingerprint density at radius 1 is 1.10 bits per heavy atom. The fraction of sp³-hybridized carbons (Fsp3) is 0.348. The Kier molecular flexibility index (Phi) is 5.34. The molecule has 3 amide bonds. The molecule has 29 heavy (non-hydrogen) atoms. The third kappa shape index (κ3) is 4.01. The lowest BCUT2D eigenvalue weighted by Gasteiger charge is -2.32. The number of carbonyl (C=O) groups excluding carboxylic acids is 3. The molecule has 0 spiro atoms. The standard InChI is InChI=1S/C23H25N3O3/c1-25-15-19-18(23(25)29)10-5-11-20(19)24-22(28)17-9-6-12-26(14-17)21(27)13-16-7-3-2-4-8-16/h2-5,7-8,10-11,17H,6,9,12-15H2,1H3,(H,24,28). The first-order valence-corrected chi connectivity index (χ1v) is 10.0. The van der Waals surface area contributed by atoms with Crippen molar-refractivity contribution in [2.24, 2.45) is 5.92 Å². The second kappa shape index (κ2) is 8.07. The molecule has 0 aliphatic carbocycles. The van der Waals surface area contributed by atoms with E-state index in [0.717, 1.165) is 24.0 Å². The fourth-order valence-electron chi connectivity index (χ4n) is 4.12. The van der Waals surface area contributed by atoms with Crippen molar-refractivity contribution in [3.63, 3.8) is 0 Å². The number of amides is 3. The number of carbonyl (C=O) groups is 3. The summed E-state index contributed by atoms with van der Waals surface area (Å²) in [5, 5.41) is 3.01. The summed E-state index contributed by atoms with van der Waals surface area (Å²) >= 11 is 0. The van der Waals surface area contributed by atoms with Gasteiger partial charge < -0.3 is 15.1 Å². The molecule has 2 heterocycles. The van der Waals surface area contributed by atoms with E-state index in [1.807, 2.05) is 36.4 Å². The van der Waals surface area contributed by atoms with Gasteiger partial charge in [0.25, 0.3) is 5.91 Å². The Hall–Kier alpha value is -3.15. The summed E-state index contributed by atoms with van der Waals surface area (Å²) in [6.07, 6.45) is 1.93. The van der Waals surface area contributed by atoms with Crippen LogP contribution in [0.4, 0.5) is 5.69 Å². The van der Waals surface area contributed by atoms with Crippen LogP contribution in [0.25, 0.3) is 0 Å². The first-order chi connectivity index (χ1) is 14.0. The van der Waals surface area contributed by atoms with E-state index in [0.29, 0.717) is 37.3 Å². The summed E-state index contributed by atoms with van der Waals surface area (Å²) in [4.78, 5) is 41.2. The second-order valence-electron chi connectivity index (χ2n) is 7.82. The third-order valence-electron chi connectivity index (χ3n) is 5.75. The molecule has 150 valence electrons. The second-order valence-corrected chi connectivity index (χ2v) is 7.82. The van der Waals surface area contributed by atoms with Gasteiger partial charge >= 0.3 is 0 Å². The van der Waals surface area contributed by atoms with Crippen molar-refractivity contribution < 1.29 is 14.4 Å². The summed E-state index contributed by atoms with van der Waals surface area (Å²) in [7, 11) is 1.76. The Bertz CT molecular complexity index is 942. The van der Waals surface area contributed by atoms with E-state index in [1.165, 1.54) is 0 Å². The molecule has 2 aliphatic rings. The normalized spacial score (nSPS) is 18.5. The monoisotopic (exact) mass is 391 g/mol. The van der Waals surface area contributed by atoms with Crippen LogP contribution in [-0.2, 0) is 22.6 Å². The molecule has 1 saturated heterocycles. The minimum atomic E-state index is -0.242. The molecule has 0 radical (unpaired) electrons. The molecule has 2 aliphatic heterocycles. The van der Waals surface area contributed by atoms with Gasteiger partial charge in [-0.25, -0.2) is 0 Å². The molecule has 1 N–H and O–H groups in total. The van der Waals surface area contributed by atoms with Crippen LogP contribution in [0.1, 0.15) is 34.3 Å². The van der Waals surface area contributed by atoms with Gasteiger partial charge in [0.2, 0.25) is 11.8 Å². The molecule has 4 rings (SSSR count). The van der Waals surface area contributed by atoms with E-state index in [-0.39, 0.29) is 23.6 Å². The molecule has 6 heteroatoms. The predicted molar refractivity (Wildman–Crippen MR) is 110 cm³/mol. The first kappa shape index (κ1) is 19.2. The zero-order valence-electron chi connectivity index (χ0n) is 16.6. The van der Waals surface area contributed by atoms with Crippen LogP contribution >= 0.6 is 0 Å². The van der Waals surface area contributed by atoms with Crippen LogP contribution in [0, 0.1) is 5.92 Å². The Morgan fingerprint density at radius 2 is 1.90 bits per heavy atom. The number of anilines is 1. The molecule has 0 bridgehead atoms. The zero-order chi connectivity index (χ0) is 20.4. The molecule has 1 fully saturated rings. The lowest BCUT2D eigenvalue weighted by molar-refractivity contribution is -0.133. The number of hydrogen-bond acceptors (Lipinski definition) is 3. The molecule has 1 unspecified atom stereocenters. The number of piperidine rings is 1. The highest BCUT2D eigenvalue weighted by molar-refractivity contribution is 6.02. The van der Waals surface area contributed by atoms with E-state index in [9.17, 15) is 14.4 Å². The molecule has 2 aromatic rings. The van der Waals surface area contributed by atoms with Crippen molar-refractivity contribution in [2.75, 3.05) is 25.5 Å². The van der Waals surface area contributed by atoms with Gasteiger partial charge in [0.15, 0.2) is 0 Å². The number of benzene rings is 2. The van der Waals surface area contributed by atoms with Crippen molar-refractivity contribution in [3.8, 4) is 0 Å². The van der Waals surface area contributed by atoms with Gasteiger partial charge in [0, 0.05) is 43.5 Å². The van der Waals surface area contributed by atoms with E-state index >= 15 is 0 Å². The summed E-state index contributed by atoms with van der Waals surface area (Å²) < 4.78 is 0. The van der Waals surface area contributed by atoms with Gasteiger partial charge in [-0.05, 0) is 30.5 Å². The maximum absolute atomic E-state index is 12.9. The van der Waals surface area contributed by atoms with Gasteiger partial charge in [-0.3, -0.25) is 14.4 Å². The Balaban J connectivity index is 1.41. The maximum atomic E-state index is 12.9. The number of nitrogens with zero attached hydrogens (tertiary/aromatic N) is 2. The minimum absolute atomic E-state index is 0.0218. The SMILES string of the molecule is CN1Cc2c(NC(=O)C3CCCN(C(=O)Cc4ccccc4)C3)cccc2C1=O. The Morgan fingerprint density at radius 3 is 2.69 bits per heavy atom. The average molecular weight is 391 g/mol. The van der Waals surface area contributed by atoms with Crippen LogP contribution in [0.2, 0.25) is 0 Å². The van der Waals surface area contributed by atoms with Crippen molar-refractivity contribution in [3.05, 3.63) is 65.2 Å². The van der Waals surface area contributed by atoms with Crippen molar-refractivity contribution in [1.29, 1.82) is 0 Å². The fourth-order valence-corrected chi connectivity index (χ4v) is 4.12. The highest BCUT2D eigenvalue weighted by Crippen LogP contribution is 2.29. The quantitative estimate of drug-likeness (QED) is 0.871. The molecular formula is C23H25N3O3. The topological polar surface area (TPSA) is 69.7 Å². The number of rotatable bonds is 4. The van der Waals surface area contributed by atoms with Crippen LogP contribution in [0.15, 0.2) is 48.5 Å². The third-order valence-corrected chi connectivity index (χ3v) is 5.75.